The monoisotopic (exact) mass is 430 g/mol. The number of aryl methyl sites for hydroxylation is 1. The zero-order valence-corrected chi connectivity index (χ0v) is 18.3. The molecule has 0 saturated carbocycles. The number of fused-ring (bicyclic) bond motifs is 1. The highest BCUT2D eigenvalue weighted by molar-refractivity contribution is 5.99. The van der Waals surface area contributed by atoms with E-state index in [9.17, 15) is 14.4 Å². The maximum Gasteiger partial charge on any atom is 0.355 e. The molecule has 9 nitrogen and oxygen atoms in total. The first-order chi connectivity index (χ1) is 14.8. The van der Waals surface area contributed by atoms with Gasteiger partial charge in [-0.25, -0.2) is 9.59 Å². The van der Waals surface area contributed by atoms with Gasteiger partial charge in [0, 0.05) is 18.8 Å². The van der Waals surface area contributed by atoms with E-state index in [1.54, 1.807) is 33.0 Å². The van der Waals surface area contributed by atoms with Crippen molar-refractivity contribution < 1.29 is 33.3 Å². The van der Waals surface area contributed by atoms with E-state index >= 15 is 0 Å². The number of benzene rings is 1. The van der Waals surface area contributed by atoms with Crippen molar-refractivity contribution >= 4 is 17.8 Å². The summed E-state index contributed by atoms with van der Waals surface area (Å²) in [6.45, 7) is 3.78. The highest BCUT2D eigenvalue weighted by atomic mass is 16.5. The molecule has 31 heavy (non-hydrogen) atoms. The van der Waals surface area contributed by atoms with Crippen molar-refractivity contribution in [2.45, 2.75) is 26.8 Å². The molecule has 1 N–H and O–H groups in total. The Morgan fingerprint density at radius 2 is 1.65 bits per heavy atom. The Morgan fingerprint density at radius 3 is 2.26 bits per heavy atom. The largest absolute Gasteiger partial charge is 0.493 e. The van der Waals surface area contributed by atoms with Crippen molar-refractivity contribution in [3.05, 3.63) is 45.8 Å². The third kappa shape index (κ3) is 4.35. The molecule has 0 atom stereocenters. The van der Waals surface area contributed by atoms with E-state index in [1.807, 2.05) is 12.1 Å². The number of amides is 1. The second-order valence-electron chi connectivity index (χ2n) is 7.23. The third-order valence-electron chi connectivity index (χ3n) is 5.43. The van der Waals surface area contributed by atoms with Crippen LogP contribution in [0.4, 0.5) is 0 Å². The van der Waals surface area contributed by atoms with Gasteiger partial charge in [-0.2, -0.15) is 0 Å². The fraction of sp³-hybridized carbons (Fsp3) is 0.409. The molecule has 1 aliphatic heterocycles. The van der Waals surface area contributed by atoms with E-state index in [0.717, 1.165) is 11.1 Å². The van der Waals surface area contributed by atoms with Gasteiger partial charge in [-0.05, 0) is 49.1 Å². The molecule has 9 heteroatoms. The highest BCUT2D eigenvalue weighted by Crippen LogP contribution is 2.33. The topological polar surface area (TPSA) is 107 Å². The molecule has 0 spiro atoms. The molecule has 0 unspecified atom stereocenters. The normalized spacial score (nSPS) is 12.7. The van der Waals surface area contributed by atoms with Gasteiger partial charge in [0.05, 0.1) is 26.9 Å². The number of carbonyl (C=O) groups excluding carboxylic acids is 3. The fourth-order valence-corrected chi connectivity index (χ4v) is 3.75. The van der Waals surface area contributed by atoms with Crippen molar-refractivity contribution in [2.24, 2.45) is 0 Å². The number of nitrogens with zero attached hydrogens (tertiary/aromatic N) is 1. The fourth-order valence-electron chi connectivity index (χ4n) is 3.75. The van der Waals surface area contributed by atoms with Crippen molar-refractivity contribution in [2.75, 3.05) is 34.5 Å². The lowest BCUT2D eigenvalue weighted by Crippen LogP contribution is -2.38. The molecule has 1 amide bonds. The van der Waals surface area contributed by atoms with Crippen molar-refractivity contribution in [1.29, 1.82) is 0 Å². The van der Waals surface area contributed by atoms with Crippen LogP contribution in [0.15, 0.2) is 12.1 Å². The molecule has 0 saturated heterocycles. The first-order valence-electron chi connectivity index (χ1n) is 9.76. The Bertz CT molecular complexity index is 1030. The van der Waals surface area contributed by atoms with Crippen LogP contribution in [0.2, 0.25) is 0 Å². The molecule has 1 aromatic heterocycles. The maximum absolute atomic E-state index is 12.6. The average Bonchev–Trinajstić information content (AvgIpc) is 3.08. The summed E-state index contributed by atoms with van der Waals surface area (Å²) in [6.07, 6.45) is 0.660. The van der Waals surface area contributed by atoms with Crippen LogP contribution < -0.4 is 9.47 Å². The average molecular weight is 430 g/mol. The van der Waals surface area contributed by atoms with Crippen LogP contribution in [0.25, 0.3) is 0 Å². The van der Waals surface area contributed by atoms with Crippen LogP contribution in [0.1, 0.15) is 43.2 Å². The number of hydrogen-bond acceptors (Lipinski definition) is 7. The summed E-state index contributed by atoms with van der Waals surface area (Å²) >= 11 is 0. The summed E-state index contributed by atoms with van der Waals surface area (Å²) in [4.78, 5) is 41.5. The van der Waals surface area contributed by atoms with Gasteiger partial charge in [0.2, 0.25) is 0 Å². The molecular formula is C22H26N2O7. The minimum atomic E-state index is -0.701. The highest BCUT2D eigenvalue weighted by Gasteiger charge is 2.26. The van der Waals surface area contributed by atoms with Gasteiger partial charge in [-0.3, -0.25) is 4.79 Å². The second kappa shape index (κ2) is 9.11. The molecule has 0 radical (unpaired) electrons. The number of H-pyrrole nitrogens is 1. The smallest absolute Gasteiger partial charge is 0.355 e. The summed E-state index contributed by atoms with van der Waals surface area (Å²) in [5, 5.41) is 0. The Morgan fingerprint density at radius 1 is 1.00 bits per heavy atom. The quantitative estimate of drug-likeness (QED) is 0.700. The molecule has 1 aromatic carbocycles. The number of hydrogen-bond donors (Lipinski definition) is 1. The van der Waals surface area contributed by atoms with Crippen LogP contribution in [0.3, 0.4) is 0 Å². The maximum atomic E-state index is 12.6. The van der Waals surface area contributed by atoms with E-state index in [1.165, 1.54) is 7.11 Å². The van der Waals surface area contributed by atoms with Crippen LogP contribution in [-0.4, -0.2) is 62.2 Å². The number of aromatic nitrogens is 1. The molecular weight excluding hydrogens is 404 g/mol. The summed E-state index contributed by atoms with van der Waals surface area (Å²) in [5.74, 6) is -0.296. The molecule has 3 rings (SSSR count). The molecule has 0 bridgehead atoms. The summed E-state index contributed by atoms with van der Waals surface area (Å²) < 4.78 is 20.6. The van der Waals surface area contributed by atoms with Crippen molar-refractivity contribution in [3.63, 3.8) is 0 Å². The zero-order chi connectivity index (χ0) is 22.7. The first-order valence-corrected chi connectivity index (χ1v) is 9.76. The van der Waals surface area contributed by atoms with Gasteiger partial charge in [0.25, 0.3) is 5.91 Å². The Labute approximate surface area is 180 Å². The van der Waals surface area contributed by atoms with Crippen molar-refractivity contribution in [1.82, 2.24) is 9.88 Å². The lowest BCUT2D eigenvalue weighted by atomic mass is 9.99. The number of nitrogens with one attached hydrogen (secondary N) is 1. The van der Waals surface area contributed by atoms with Crippen molar-refractivity contribution in [3.8, 4) is 11.5 Å². The predicted molar refractivity (Wildman–Crippen MR) is 111 cm³/mol. The van der Waals surface area contributed by atoms with E-state index < -0.39 is 18.5 Å². The summed E-state index contributed by atoms with van der Waals surface area (Å²) in [5.41, 5.74) is 3.40. The van der Waals surface area contributed by atoms with Crippen LogP contribution in [-0.2, 0) is 27.2 Å². The Hall–Kier alpha value is -3.49. The van der Waals surface area contributed by atoms with Crippen LogP contribution >= 0.6 is 0 Å². The Kier molecular flexibility index (Phi) is 6.53. The van der Waals surface area contributed by atoms with Gasteiger partial charge >= 0.3 is 11.9 Å². The number of methoxy groups -OCH3 is 3. The lowest BCUT2D eigenvalue weighted by molar-refractivity contribution is -0.135. The Balaban J connectivity index is 1.66. The molecule has 0 fully saturated rings. The molecule has 2 heterocycles. The zero-order valence-electron chi connectivity index (χ0n) is 18.3. The van der Waals surface area contributed by atoms with Crippen LogP contribution in [0.5, 0.6) is 11.5 Å². The molecule has 2 aromatic rings. The summed E-state index contributed by atoms with van der Waals surface area (Å²) in [6, 6.07) is 3.78. The summed E-state index contributed by atoms with van der Waals surface area (Å²) in [7, 11) is 4.41. The van der Waals surface area contributed by atoms with Gasteiger partial charge in [-0.1, -0.05) is 0 Å². The predicted octanol–water partition coefficient (Wildman–Crippen LogP) is 2.18. The number of ether oxygens (including phenoxy) is 4. The van der Waals surface area contributed by atoms with Gasteiger partial charge in [0.1, 0.15) is 5.69 Å². The van der Waals surface area contributed by atoms with E-state index in [4.69, 9.17) is 18.9 Å². The van der Waals surface area contributed by atoms with E-state index in [2.05, 4.69) is 4.98 Å². The van der Waals surface area contributed by atoms with Gasteiger partial charge < -0.3 is 28.8 Å². The number of carbonyl (C=O) groups is 3. The number of aromatic amines is 1. The van der Waals surface area contributed by atoms with E-state index in [0.29, 0.717) is 42.3 Å². The molecule has 166 valence electrons. The SMILES string of the molecule is COC(=O)c1c(C)[nH]c(C(=O)OCC(=O)N2CCc3cc(OC)c(OC)cc3C2)c1C. The van der Waals surface area contributed by atoms with Gasteiger partial charge in [-0.15, -0.1) is 0 Å². The number of esters is 2. The second-order valence-corrected chi connectivity index (χ2v) is 7.23. The molecule has 0 aliphatic carbocycles. The van der Waals surface area contributed by atoms with Gasteiger partial charge in [0.15, 0.2) is 18.1 Å². The third-order valence-corrected chi connectivity index (χ3v) is 5.43. The molecule has 1 aliphatic rings. The number of rotatable bonds is 6. The minimum Gasteiger partial charge on any atom is -0.493 e. The minimum absolute atomic E-state index is 0.131. The van der Waals surface area contributed by atoms with E-state index in [-0.39, 0.29) is 17.2 Å². The van der Waals surface area contributed by atoms with Crippen LogP contribution in [0, 0.1) is 13.8 Å². The lowest BCUT2D eigenvalue weighted by Gasteiger charge is -2.29. The standard InChI is InChI=1S/C22H26N2O7/c1-12-19(21(26)30-5)13(2)23-20(12)22(27)31-11-18(25)24-7-6-14-8-16(28-3)17(29-4)9-15(14)10-24/h8-9,23H,6-7,10-11H2,1-5H3. The first kappa shape index (κ1) is 22.2.